The van der Waals surface area contributed by atoms with E-state index in [2.05, 4.69) is 84.0 Å². The van der Waals surface area contributed by atoms with Gasteiger partial charge in [0.15, 0.2) is 0 Å². The fraction of sp³-hybridized carbons (Fsp3) is 0.786. The summed E-state index contributed by atoms with van der Waals surface area (Å²) in [6.07, 6.45) is 69.1. The Morgan fingerprint density at radius 2 is 0.578 bits per heavy atom. The minimum Gasteiger partial charge on any atom is -0.299 e. The van der Waals surface area contributed by atoms with E-state index in [4.69, 9.17) is 0 Å². The highest BCUT2D eigenvalue weighted by Crippen LogP contribution is 2.64. The van der Waals surface area contributed by atoms with E-state index in [0.29, 0.717) is 47.1 Å². The van der Waals surface area contributed by atoms with Crippen LogP contribution in [-0.4, -0.2) is 11.6 Å². The molecular weight excluding hydrogens is 1170 g/mol. The average molecular weight is 1300 g/mol. The van der Waals surface area contributed by atoms with E-state index in [1.165, 1.54) is 318 Å². The summed E-state index contributed by atoms with van der Waals surface area (Å²) in [5.74, 6) is 4.78. The first-order chi connectivity index (χ1) is 44.4. The molecule has 4 heterocycles. The summed E-state index contributed by atoms with van der Waals surface area (Å²) in [5, 5.41) is 10.1. The highest BCUT2D eigenvalue weighted by atomic mass is 32.1. The van der Waals surface area contributed by atoms with Crippen LogP contribution in [0.5, 0.6) is 0 Å². The van der Waals surface area contributed by atoms with Crippen molar-refractivity contribution in [3.05, 3.63) is 65.7 Å². The Labute approximate surface area is 569 Å². The Morgan fingerprint density at radius 1 is 0.300 bits per heavy atom. The van der Waals surface area contributed by atoms with Crippen LogP contribution in [0.15, 0.2) is 33.7 Å². The molecule has 0 bridgehead atoms. The van der Waals surface area contributed by atoms with Crippen molar-refractivity contribution in [2.24, 2.45) is 47.3 Å². The number of rotatable bonds is 48. The summed E-state index contributed by atoms with van der Waals surface area (Å²) >= 11 is 8.15. The number of hydrogen-bond acceptors (Lipinski definition) is 6. The van der Waals surface area contributed by atoms with Crippen molar-refractivity contribution in [2.45, 2.75) is 373 Å². The number of carbonyl (C=O) groups is 2. The van der Waals surface area contributed by atoms with Gasteiger partial charge in [-0.3, -0.25) is 9.59 Å². The third-order valence-electron chi connectivity index (χ3n) is 24.0. The molecule has 0 saturated heterocycles. The molecule has 0 radical (unpaired) electrons. The van der Waals surface area contributed by atoms with Crippen LogP contribution in [0.25, 0.3) is 20.9 Å². The molecule has 0 aromatic carbocycles. The van der Waals surface area contributed by atoms with E-state index in [9.17, 15) is 0 Å². The zero-order chi connectivity index (χ0) is 62.5. The smallest absolute Gasteiger partial charge is 0.139 e. The molecular formula is C84H132O2S4. The van der Waals surface area contributed by atoms with Crippen molar-refractivity contribution < 1.29 is 9.59 Å². The summed E-state index contributed by atoms with van der Waals surface area (Å²) in [4.78, 5) is 36.6. The van der Waals surface area contributed by atoms with E-state index in [-0.39, 0.29) is 23.7 Å². The fourth-order valence-electron chi connectivity index (χ4n) is 18.8. The van der Waals surface area contributed by atoms with Gasteiger partial charge >= 0.3 is 0 Å². The molecule has 5 fully saturated rings. The van der Waals surface area contributed by atoms with Gasteiger partial charge in [-0.05, 0) is 194 Å². The van der Waals surface area contributed by atoms with Crippen LogP contribution in [-0.2, 0) is 35.3 Å². The van der Waals surface area contributed by atoms with Crippen LogP contribution >= 0.6 is 45.3 Å². The predicted octanol–water partition coefficient (Wildman–Crippen LogP) is 28.2. The third kappa shape index (κ3) is 21.1. The van der Waals surface area contributed by atoms with Crippen LogP contribution < -0.4 is 0 Å². The van der Waals surface area contributed by atoms with Gasteiger partial charge in [-0.2, -0.15) is 0 Å². The first-order valence-electron chi connectivity index (χ1n) is 39.9. The number of thiophene rings is 4. The quantitative estimate of drug-likeness (QED) is 0.0413. The first kappa shape index (κ1) is 72.4. The van der Waals surface area contributed by atoms with Crippen LogP contribution in [0.1, 0.15) is 380 Å². The number of hydrogen-bond donors (Lipinski definition) is 0. The van der Waals surface area contributed by atoms with Gasteiger partial charge in [-0.25, -0.2) is 0 Å². The van der Waals surface area contributed by atoms with Gasteiger partial charge in [0.1, 0.15) is 11.6 Å². The Hall–Kier alpha value is -1.86. The van der Waals surface area contributed by atoms with E-state index in [1.54, 1.807) is 43.1 Å². The predicted molar refractivity (Wildman–Crippen MR) is 398 cm³/mol. The number of unbranched alkanes of at least 4 members (excludes halogenated alkanes) is 36. The molecule has 10 unspecified atom stereocenters. The first-order valence-corrected chi connectivity index (χ1v) is 43.4. The monoisotopic (exact) mass is 1300 g/mol. The lowest BCUT2D eigenvalue weighted by molar-refractivity contribution is -0.129. The maximum Gasteiger partial charge on any atom is 0.139 e. The Kier molecular flexibility index (Phi) is 32.7. The summed E-state index contributed by atoms with van der Waals surface area (Å²) in [7, 11) is 0. The topological polar surface area (TPSA) is 34.1 Å². The number of Topliss-reactive ketones (excluding diaryl/α,β-unsaturated/α-hetero) is 2. The van der Waals surface area contributed by atoms with Gasteiger partial charge in [-0.1, -0.05) is 259 Å². The second kappa shape index (κ2) is 40.6. The standard InChI is InChI=1S/C84H132O2S4/c1-5-9-13-17-21-25-29-33-37-41-45-63-53-77(87-59-63)79-67(47-43-39-35-31-27-23-19-15-11-7-3)61-89-83(79)65-49-51-69-71-57-76-72(58-75(71)81(85)73(69)55-65)70-52-50-66(56-74(70)82(76)86)84-80(68(62-90-84)48-44-40-36-32-28-24-20-16-12-8-4)78-54-64(60-88-78)46-42-38-34-30-26-22-18-14-10-6-2/h53-54,59-62,65-66,69-76H,5-52,55-58H2,1-4H3. The van der Waals surface area contributed by atoms with E-state index < -0.39 is 0 Å². The molecule has 4 aromatic rings. The van der Waals surface area contributed by atoms with Crippen molar-refractivity contribution in [1.82, 2.24) is 0 Å². The van der Waals surface area contributed by atoms with Crippen molar-refractivity contribution in [2.75, 3.05) is 0 Å². The highest BCUT2D eigenvalue weighted by molar-refractivity contribution is 7.15. The molecule has 0 aliphatic heterocycles. The molecule has 504 valence electrons. The SMILES string of the molecule is CCCCCCCCCCCCc1csc(-c2c(CCCCCCCCCCCC)csc2C2CCC3C(C2)C(=O)C2CC4C(CC23)C(=O)C2CC(c3scc(CCCCCCCCCCCC)c3-c3cc(CCCCCCCCCCCC)cs3)CCC24)c1. The maximum atomic E-state index is 15.2. The lowest BCUT2D eigenvalue weighted by Crippen LogP contribution is -2.35. The van der Waals surface area contributed by atoms with Crippen molar-refractivity contribution >= 4 is 56.9 Å². The number of aryl methyl sites for hydroxylation is 4. The van der Waals surface area contributed by atoms with Crippen LogP contribution in [0.2, 0.25) is 0 Å². The summed E-state index contributed by atoms with van der Waals surface area (Å²) in [6.45, 7) is 9.27. The fourth-order valence-corrected chi connectivity index (χ4v) is 23.6. The van der Waals surface area contributed by atoms with Gasteiger partial charge in [0, 0.05) is 54.3 Å². The normalized spacial score (nSPS) is 23.9. The summed E-state index contributed by atoms with van der Waals surface area (Å²) in [6, 6.07) is 5.19. The molecule has 0 spiro atoms. The second-order valence-electron chi connectivity index (χ2n) is 30.7. The lowest BCUT2D eigenvalue weighted by atomic mass is 9.64. The molecule has 5 aliphatic carbocycles. The minimum absolute atomic E-state index is 0.189. The van der Waals surface area contributed by atoms with Crippen molar-refractivity contribution in [3.8, 4) is 20.9 Å². The van der Waals surface area contributed by atoms with Gasteiger partial charge in [-0.15, -0.1) is 45.3 Å². The molecule has 0 N–H and O–H groups in total. The van der Waals surface area contributed by atoms with Crippen molar-refractivity contribution in [3.63, 3.8) is 0 Å². The summed E-state index contributed by atoms with van der Waals surface area (Å²) < 4.78 is 0. The molecule has 10 atom stereocenters. The van der Waals surface area contributed by atoms with E-state index in [0.717, 1.165) is 25.7 Å². The molecule has 6 heteroatoms. The Bertz CT molecular complexity index is 2430. The van der Waals surface area contributed by atoms with Gasteiger partial charge in [0.05, 0.1) is 0 Å². The Balaban J connectivity index is 0.810. The Morgan fingerprint density at radius 3 is 0.889 bits per heavy atom. The van der Waals surface area contributed by atoms with E-state index in [1.807, 2.05) is 22.7 Å². The number of ketones is 2. The average Bonchev–Trinajstić information content (AvgIpc) is 1.59. The number of fused-ring (bicyclic) bond motifs is 6. The van der Waals surface area contributed by atoms with Crippen molar-refractivity contribution in [1.29, 1.82) is 0 Å². The molecule has 0 amide bonds. The maximum absolute atomic E-state index is 15.2. The van der Waals surface area contributed by atoms with Gasteiger partial charge in [0.2, 0.25) is 0 Å². The van der Waals surface area contributed by atoms with Crippen LogP contribution in [0, 0.1) is 47.3 Å². The third-order valence-corrected chi connectivity index (χ3v) is 28.4. The van der Waals surface area contributed by atoms with Crippen LogP contribution in [0.3, 0.4) is 0 Å². The van der Waals surface area contributed by atoms with Gasteiger partial charge < -0.3 is 0 Å². The molecule has 2 nitrogen and oxygen atoms in total. The zero-order valence-electron chi connectivity index (χ0n) is 58.5. The minimum atomic E-state index is 0.189. The molecule has 5 aliphatic rings. The molecule has 4 aromatic heterocycles. The lowest BCUT2D eigenvalue weighted by Gasteiger charge is -2.40. The zero-order valence-corrected chi connectivity index (χ0v) is 61.7. The highest BCUT2D eigenvalue weighted by Gasteiger charge is 2.61. The van der Waals surface area contributed by atoms with E-state index >= 15 is 9.59 Å². The largest absolute Gasteiger partial charge is 0.299 e. The molecule has 9 rings (SSSR count). The summed E-state index contributed by atoms with van der Waals surface area (Å²) in [5.41, 5.74) is 9.47. The molecule has 90 heavy (non-hydrogen) atoms. The second-order valence-corrected chi connectivity index (χ2v) is 34.4. The van der Waals surface area contributed by atoms with Crippen LogP contribution in [0.4, 0.5) is 0 Å². The number of carbonyl (C=O) groups excluding carboxylic acids is 2. The van der Waals surface area contributed by atoms with Gasteiger partial charge in [0.25, 0.3) is 0 Å². The molecule has 5 saturated carbocycles.